The first-order valence-corrected chi connectivity index (χ1v) is 12.7. The van der Waals surface area contributed by atoms with Gasteiger partial charge in [0.2, 0.25) is 0 Å². The summed E-state index contributed by atoms with van der Waals surface area (Å²) in [7, 11) is 0. The molecule has 1 nitrogen and oxygen atoms in total. The molecule has 0 saturated carbocycles. The molecule has 0 aliphatic rings. The van der Waals surface area contributed by atoms with Gasteiger partial charge in [-0.25, -0.2) is 4.57 Å². The average molecular weight is 389 g/mol. The van der Waals surface area contributed by atoms with E-state index in [4.69, 9.17) is 0 Å². The van der Waals surface area contributed by atoms with Crippen LogP contribution in [0.3, 0.4) is 0 Å². The molecule has 0 N–H and O–H groups in total. The molecule has 0 atom stereocenters. The maximum atomic E-state index is 2.30. The number of pyridine rings is 1. The van der Waals surface area contributed by atoms with Crippen molar-refractivity contribution in [3.63, 3.8) is 0 Å². The molecule has 162 valence electrons. The lowest BCUT2D eigenvalue weighted by Crippen LogP contribution is -2.34. The third-order valence-corrected chi connectivity index (χ3v) is 6.09. The third kappa shape index (κ3) is 14.2. The summed E-state index contributed by atoms with van der Waals surface area (Å²) in [5.74, 6) is 0. The highest BCUT2D eigenvalue weighted by atomic mass is 15.0. The van der Waals surface area contributed by atoms with Crippen LogP contribution in [0.5, 0.6) is 0 Å². The van der Waals surface area contributed by atoms with Gasteiger partial charge < -0.3 is 0 Å². The first kappa shape index (κ1) is 25.2. The second kappa shape index (κ2) is 18.2. The fourth-order valence-corrected chi connectivity index (χ4v) is 4.03. The molecule has 28 heavy (non-hydrogen) atoms. The zero-order valence-electron chi connectivity index (χ0n) is 19.6. The summed E-state index contributed by atoms with van der Waals surface area (Å²) in [5, 5.41) is 0. The predicted octanol–water partition coefficient (Wildman–Crippen LogP) is 8.75. The quantitative estimate of drug-likeness (QED) is 0.165. The number of nitrogens with zero attached hydrogens (tertiary/aromatic N) is 1. The standard InChI is InChI=1S/C27H50N/c1-4-5-6-7-8-9-10-11-12-13-14-15-16-17-18-19-20-21-27-22-24-28(25-23-27)26(2)3/h22-26H,4-21H2,1-3H3/q+1. The van der Waals surface area contributed by atoms with Crippen LogP contribution in [0.25, 0.3) is 0 Å². The van der Waals surface area contributed by atoms with Gasteiger partial charge in [0.15, 0.2) is 18.4 Å². The van der Waals surface area contributed by atoms with Crippen molar-refractivity contribution in [1.82, 2.24) is 0 Å². The highest BCUT2D eigenvalue weighted by molar-refractivity contribution is 5.07. The molecule has 0 aliphatic heterocycles. The van der Waals surface area contributed by atoms with Gasteiger partial charge in [0.25, 0.3) is 0 Å². The highest BCUT2D eigenvalue weighted by Crippen LogP contribution is 2.14. The van der Waals surface area contributed by atoms with Crippen LogP contribution >= 0.6 is 0 Å². The van der Waals surface area contributed by atoms with E-state index in [1.54, 1.807) is 0 Å². The lowest BCUT2D eigenvalue weighted by atomic mass is 10.0. The van der Waals surface area contributed by atoms with E-state index in [1.165, 1.54) is 121 Å². The van der Waals surface area contributed by atoms with Crippen molar-refractivity contribution >= 4 is 0 Å². The fourth-order valence-electron chi connectivity index (χ4n) is 4.03. The maximum absolute atomic E-state index is 2.30. The monoisotopic (exact) mass is 388 g/mol. The van der Waals surface area contributed by atoms with Gasteiger partial charge >= 0.3 is 0 Å². The predicted molar refractivity (Wildman–Crippen MR) is 125 cm³/mol. The summed E-state index contributed by atoms with van der Waals surface area (Å²) in [6, 6.07) is 5.16. The Morgan fingerprint density at radius 2 is 0.929 bits per heavy atom. The minimum absolute atomic E-state index is 0.564. The van der Waals surface area contributed by atoms with Crippen molar-refractivity contribution in [2.24, 2.45) is 0 Å². The molecule has 1 heteroatoms. The lowest BCUT2D eigenvalue weighted by Gasteiger charge is -2.04. The Labute approximate surface area is 177 Å². The van der Waals surface area contributed by atoms with E-state index >= 15 is 0 Å². The van der Waals surface area contributed by atoms with Crippen LogP contribution in [0, 0.1) is 0 Å². The fraction of sp³-hybridized carbons (Fsp3) is 0.815. The molecule has 0 radical (unpaired) electrons. The Bertz CT molecular complexity index is 434. The summed E-state index contributed by atoms with van der Waals surface area (Å²) < 4.78 is 2.28. The molecule has 1 rings (SSSR count). The van der Waals surface area contributed by atoms with E-state index in [0.29, 0.717) is 6.04 Å². The third-order valence-electron chi connectivity index (χ3n) is 6.09. The van der Waals surface area contributed by atoms with Crippen LogP contribution in [0.2, 0.25) is 0 Å². The van der Waals surface area contributed by atoms with Crippen LogP contribution in [0.4, 0.5) is 0 Å². The zero-order valence-corrected chi connectivity index (χ0v) is 19.6. The maximum Gasteiger partial charge on any atom is 0.169 e. The Morgan fingerprint density at radius 3 is 1.29 bits per heavy atom. The van der Waals surface area contributed by atoms with Gasteiger partial charge in [0, 0.05) is 12.1 Å². The van der Waals surface area contributed by atoms with Crippen molar-refractivity contribution in [3.05, 3.63) is 30.1 Å². The topological polar surface area (TPSA) is 3.88 Å². The minimum atomic E-state index is 0.564. The van der Waals surface area contributed by atoms with Gasteiger partial charge in [0.05, 0.1) is 0 Å². The van der Waals surface area contributed by atoms with Crippen LogP contribution in [-0.4, -0.2) is 0 Å². The second-order valence-electron chi connectivity index (χ2n) is 9.15. The number of aromatic nitrogens is 1. The SMILES string of the molecule is CCCCCCCCCCCCCCCCCCCc1cc[n+](C(C)C)cc1. The van der Waals surface area contributed by atoms with Crippen LogP contribution in [0.15, 0.2) is 24.5 Å². The first-order chi connectivity index (χ1) is 13.7. The first-order valence-electron chi connectivity index (χ1n) is 12.7. The molecule has 1 aromatic rings. The van der Waals surface area contributed by atoms with E-state index in [9.17, 15) is 0 Å². The van der Waals surface area contributed by atoms with Gasteiger partial charge in [-0.3, -0.25) is 0 Å². The molecular formula is C27H50N+. The van der Waals surface area contributed by atoms with Gasteiger partial charge in [-0.1, -0.05) is 110 Å². The van der Waals surface area contributed by atoms with Crippen molar-refractivity contribution in [1.29, 1.82) is 0 Å². The average Bonchev–Trinajstić information content (AvgIpc) is 2.70. The van der Waals surface area contributed by atoms with E-state index in [0.717, 1.165) is 0 Å². The second-order valence-corrected chi connectivity index (χ2v) is 9.15. The van der Waals surface area contributed by atoms with Crippen molar-refractivity contribution in [3.8, 4) is 0 Å². The van der Waals surface area contributed by atoms with E-state index < -0.39 is 0 Å². The van der Waals surface area contributed by atoms with Gasteiger partial charge in [-0.2, -0.15) is 0 Å². The number of hydrogen-bond acceptors (Lipinski definition) is 0. The molecule has 1 aromatic heterocycles. The number of hydrogen-bond donors (Lipinski definition) is 0. The van der Waals surface area contributed by atoms with Crippen molar-refractivity contribution < 1.29 is 4.57 Å². The van der Waals surface area contributed by atoms with Crippen LogP contribution in [0.1, 0.15) is 142 Å². The molecule has 0 amide bonds. The van der Waals surface area contributed by atoms with E-state index in [2.05, 4.69) is 49.9 Å². The van der Waals surface area contributed by atoms with Crippen LogP contribution < -0.4 is 4.57 Å². The minimum Gasteiger partial charge on any atom is -0.203 e. The summed E-state index contributed by atoms with van der Waals surface area (Å²) in [6.45, 7) is 6.76. The summed E-state index contributed by atoms with van der Waals surface area (Å²) in [4.78, 5) is 0. The number of unbranched alkanes of at least 4 members (excludes halogenated alkanes) is 16. The van der Waals surface area contributed by atoms with Crippen molar-refractivity contribution in [2.75, 3.05) is 0 Å². The molecular weight excluding hydrogens is 338 g/mol. The molecule has 0 aromatic carbocycles. The van der Waals surface area contributed by atoms with Gasteiger partial charge in [-0.15, -0.1) is 0 Å². The normalized spacial score (nSPS) is 11.4. The lowest BCUT2D eigenvalue weighted by molar-refractivity contribution is -0.716. The smallest absolute Gasteiger partial charge is 0.169 e. The molecule has 0 saturated heterocycles. The molecule has 0 spiro atoms. The Hall–Kier alpha value is -0.850. The largest absolute Gasteiger partial charge is 0.203 e. The summed E-state index contributed by atoms with van der Waals surface area (Å²) in [6.07, 6.45) is 30.3. The van der Waals surface area contributed by atoms with Crippen LogP contribution in [-0.2, 0) is 6.42 Å². The molecule has 0 aliphatic carbocycles. The molecule has 0 bridgehead atoms. The summed E-state index contributed by atoms with van der Waals surface area (Å²) in [5.41, 5.74) is 1.50. The Kier molecular flexibility index (Phi) is 16.4. The number of aryl methyl sites for hydroxylation is 1. The Balaban J connectivity index is 1.78. The van der Waals surface area contributed by atoms with Gasteiger partial charge in [0.1, 0.15) is 0 Å². The molecule has 0 unspecified atom stereocenters. The summed E-state index contributed by atoms with van der Waals surface area (Å²) >= 11 is 0. The van der Waals surface area contributed by atoms with Crippen molar-refractivity contribution in [2.45, 2.75) is 142 Å². The molecule has 0 fully saturated rings. The Morgan fingerprint density at radius 1 is 0.571 bits per heavy atom. The molecule has 1 heterocycles. The van der Waals surface area contributed by atoms with E-state index in [-0.39, 0.29) is 0 Å². The van der Waals surface area contributed by atoms with E-state index in [1.807, 2.05) is 0 Å². The van der Waals surface area contributed by atoms with Gasteiger partial charge in [-0.05, 0) is 32.3 Å². The zero-order chi connectivity index (χ0) is 20.3. The highest BCUT2D eigenvalue weighted by Gasteiger charge is 2.04. The number of rotatable bonds is 19.